The van der Waals surface area contributed by atoms with Crippen molar-refractivity contribution < 1.29 is 101 Å². The third-order valence-corrected chi connectivity index (χ3v) is 6.32. The zero-order chi connectivity index (χ0) is 30.1. The second kappa shape index (κ2) is 6.07. The van der Waals surface area contributed by atoms with Crippen LogP contribution in [0.2, 0.25) is 0 Å². The molecule has 218 valence electrons. The molecule has 0 amide bonds. The number of alkyl halides is 23. The molecule has 1 aliphatic heterocycles. The number of hydrogen-bond acceptors (Lipinski definition) is 1. The van der Waals surface area contributed by atoms with E-state index in [0.29, 0.717) is 0 Å². The van der Waals surface area contributed by atoms with Crippen LogP contribution in [0, 0.1) is 0 Å². The highest BCUT2D eigenvalue weighted by Crippen LogP contribution is 2.85. The lowest BCUT2D eigenvalue weighted by molar-refractivity contribution is -0.502. The Morgan fingerprint density at radius 3 is 0.676 bits per heavy atom. The largest absolute Gasteiger partial charge is 0.465 e. The zero-order valence-corrected chi connectivity index (χ0v) is 15.6. The zero-order valence-electron chi connectivity index (χ0n) is 15.6. The van der Waals surface area contributed by atoms with Gasteiger partial charge in [0.05, 0.1) is 0 Å². The second-order valence-corrected chi connectivity index (χ2v) is 7.96. The topological polar surface area (TPSA) is 3.24 Å². The number of fused-ring (bicyclic) bond motifs is 3. The first kappa shape index (κ1) is 29.9. The van der Waals surface area contributed by atoms with Gasteiger partial charge in [0.15, 0.2) is 0 Å². The van der Waals surface area contributed by atoms with Crippen molar-refractivity contribution in [2.75, 3.05) is 0 Å². The lowest BCUT2D eigenvalue weighted by atomic mass is 9.58. The van der Waals surface area contributed by atoms with Gasteiger partial charge in [-0.3, -0.25) is 0 Å². The standard InChI is InChI=1S/C13F23N/c14-1-2(15)4(18,19)6(22,23)8(26,27)10(30,31)12(2,33)37(13(34,35)36)11(1,32)9(28,29)7(24,25)5(20,21)3(1,16)17. The number of nitrogens with zero attached hydrogens (tertiary/aromatic N) is 1. The highest BCUT2D eigenvalue weighted by Gasteiger charge is 3.19. The maximum atomic E-state index is 15.3. The Morgan fingerprint density at radius 1 is 0.297 bits per heavy atom. The fourth-order valence-electron chi connectivity index (χ4n) is 4.53. The summed E-state index contributed by atoms with van der Waals surface area (Å²) in [7, 11) is 0. The van der Waals surface area contributed by atoms with E-state index in [2.05, 4.69) is 0 Å². The van der Waals surface area contributed by atoms with Gasteiger partial charge < -0.3 is 0 Å². The van der Waals surface area contributed by atoms with Crippen molar-refractivity contribution in [1.82, 2.24) is 4.90 Å². The van der Waals surface area contributed by atoms with E-state index in [0.717, 1.165) is 0 Å². The number of hydrogen-bond donors (Lipinski definition) is 0. The Balaban J connectivity index is 2.83. The van der Waals surface area contributed by atoms with E-state index in [1.165, 1.54) is 0 Å². The van der Waals surface area contributed by atoms with Crippen molar-refractivity contribution in [2.24, 2.45) is 0 Å². The summed E-state index contributed by atoms with van der Waals surface area (Å²) in [6.45, 7) is 0. The molecule has 3 rings (SSSR count). The highest BCUT2D eigenvalue weighted by atomic mass is 19.4. The first-order valence-corrected chi connectivity index (χ1v) is 8.27. The van der Waals surface area contributed by atoms with Crippen LogP contribution >= 0.6 is 0 Å². The highest BCUT2D eigenvalue weighted by molar-refractivity contribution is 5.48. The van der Waals surface area contributed by atoms with Crippen LogP contribution < -0.4 is 0 Å². The molecule has 0 radical (unpaired) electrons. The Hall–Kier alpha value is -1.65. The van der Waals surface area contributed by atoms with Crippen LogP contribution in [0.5, 0.6) is 0 Å². The van der Waals surface area contributed by atoms with E-state index in [1.54, 1.807) is 0 Å². The summed E-state index contributed by atoms with van der Waals surface area (Å²) in [6, 6.07) is 0. The summed E-state index contributed by atoms with van der Waals surface area (Å²) in [4.78, 5) is -5.03. The summed E-state index contributed by atoms with van der Waals surface area (Å²) in [5, 5.41) is 0. The average Bonchev–Trinajstić information content (AvgIpc) is 2.82. The van der Waals surface area contributed by atoms with Crippen LogP contribution in [0.4, 0.5) is 101 Å². The van der Waals surface area contributed by atoms with E-state index in [-0.39, 0.29) is 0 Å². The monoisotopic (exact) mass is 607 g/mol. The van der Waals surface area contributed by atoms with Crippen molar-refractivity contribution in [3.63, 3.8) is 0 Å². The molecule has 0 spiro atoms. The van der Waals surface area contributed by atoms with E-state index < -0.39 is 81.5 Å². The molecule has 1 nitrogen and oxygen atoms in total. The minimum absolute atomic E-state index is 5.03. The van der Waals surface area contributed by atoms with Gasteiger partial charge in [-0.15, -0.1) is 4.90 Å². The van der Waals surface area contributed by atoms with E-state index in [4.69, 9.17) is 0 Å². The molecule has 0 aromatic carbocycles. The summed E-state index contributed by atoms with van der Waals surface area (Å²) in [6.07, 6.45) is -8.51. The molecule has 37 heavy (non-hydrogen) atoms. The molecular formula is C13F23N. The first-order valence-electron chi connectivity index (χ1n) is 8.27. The predicted molar refractivity (Wildman–Crippen MR) is 62.8 cm³/mol. The smallest absolute Gasteiger partial charge is 0.227 e. The third kappa shape index (κ3) is 2.02. The van der Waals surface area contributed by atoms with Gasteiger partial charge in [0.25, 0.3) is 22.9 Å². The van der Waals surface area contributed by atoms with Crippen LogP contribution in [0.15, 0.2) is 0 Å². The molecular weight excluding hydrogens is 607 g/mol. The molecule has 0 bridgehead atoms. The predicted octanol–water partition coefficient (Wildman–Crippen LogP) is 6.68. The lowest BCUT2D eigenvalue weighted by Crippen LogP contribution is -2.92. The normalized spacial score (nSPS) is 46.1. The third-order valence-electron chi connectivity index (χ3n) is 6.32. The van der Waals surface area contributed by atoms with Crippen molar-refractivity contribution in [3.8, 4) is 0 Å². The van der Waals surface area contributed by atoms with Gasteiger partial charge in [-0.25, -0.2) is 17.6 Å². The molecule has 4 atom stereocenters. The summed E-state index contributed by atoms with van der Waals surface area (Å²) < 4.78 is 323. The minimum Gasteiger partial charge on any atom is -0.227 e. The molecule has 24 heteroatoms. The van der Waals surface area contributed by atoms with Crippen molar-refractivity contribution in [2.45, 2.75) is 76.6 Å². The fourth-order valence-corrected chi connectivity index (χ4v) is 4.53. The molecule has 4 unspecified atom stereocenters. The average molecular weight is 607 g/mol. The van der Waals surface area contributed by atoms with Gasteiger partial charge in [0, 0.05) is 0 Å². The Morgan fingerprint density at radius 2 is 0.486 bits per heavy atom. The summed E-state index contributed by atoms with van der Waals surface area (Å²) in [5.41, 5.74) is -18.6. The van der Waals surface area contributed by atoms with Crippen LogP contribution in [0.25, 0.3) is 0 Å². The van der Waals surface area contributed by atoms with Gasteiger partial charge in [0.2, 0.25) is 0 Å². The van der Waals surface area contributed by atoms with Gasteiger partial charge in [-0.2, -0.15) is 83.4 Å². The van der Waals surface area contributed by atoms with Gasteiger partial charge in [0.1, 0.15) is 0 Å². The molecule has 2 aliphatic carbocycles. The minimum atomic E-state index is -9.28. The van der Waals surface area contributed by atoms with Crippen molar-refractivity contribution >= 4 is 0 Å². The maximum Gasteiger partial charge on any atom is 0.465 e. The first-order chi connectivity index (χ1) is 15.6. The number of halogens is 23. The molecule has 0 aromatic heterocycles. The van der Waals surface area contributed by atoms with Crippen molar-refractivity contribution in [1.29, 1.82) is 0 Å². The van der Waals surface area contributed by atoms with Crippen molar-refractivity contribution in [3.05, 3.63) is 0 Å². The second-order valence-electron chi connectivity index (χ2n) is 7.96. The van der Waals surface area contributed by atoms with E-state index >= 15 is 17.6 Å². The molecule has 3 fully saturated rings. The SMILES string of the molecule is FC(F)(F)N1C2(F)C(F)(F)C(F)(F)C(F)(F)C(F)(F)C2(F)C2(F)C(F)(F)C(F)(F)C(F)(F)C(F)(F)C12F. The van der Waals surface area contributed by atoms with Crippen LogP contribution in [0.1, 0.15) is 0 Å². The summed E-state index contributed by atoms with van der Waals surface area (Å²) in [5.74, 6) is -88.6. The van der Waals surface area contributed by atoms with Gasteiger partial charge >= 0.3 is 53.7 Å². The number of rotatable bonds is 0. The molecule has 1 heterocycles. The molecule has 3 aliphatic rings. The number of likely N-dealkylation sites (tertiary alicyclic amines) is 1. The van der Waals surface area contributed by atoms with Crippen LogP contribution in [-0.4, -0.2) is 81.5 Å². The van der Waals surface area contributed by atoms with Gasteiger partial charge in [-0.05, 0) is 0 Å². The van der Waals surface area contributed by atoms with E-state index in [9.17, 15) is 83.4 Å². The lowest BCUT2D eigenvalue weighted by Gasteiger charge is -2.58. The van der Waals surface area contributed by atoms with Crippen LogP contribution in [0.3, 0.4) is 0 Å². The maximum absolute atomic E-state index is 15.3. The fraction of sp³-hybridized carbons (Fsp3) is 1.00. The van der Waals surface area contributed by atoms with E-state index in [1.807, 2.05) is 0 Å². The van der Waals surface area contributed by atoms with Crippen LogP contribution in [-0.2, 0) is 0 Å². The molecule has 2 saturated carbocycles. The Bertz CT molecular complexity index is 952. The molecule has 0 N–H and O–H groups in total. The molecule has 0 aromatic rings. The molecule has 1 saturated heterocycles. The Kier molecular flexibility index (Phi) is 4.90. The van der Waals surface area contributed by atoms with Gasteiger partial charge in [-0.1, -0.05) is 0 Å². The quantitative estimate of drug-likeness (QED) is 0.220. The Labute approximate surface area is 184 Å². The summed E-state index contributed by atoms with van der Waals surface area (Å²) >= 11 is 0.